The van der Waals surface area contributed by atoms with Crippen molar-refractivity contribution in [3.8, 4) is 0 Å². The molecule has 1 aromatic rings. The lowest BCUT2D eigenvalue weighted by Crippen LogP contribution is -2.01. The predicted octanol–water partition coefficient (Wildman–Crippen LogP) is 2.48. The van der Waals surface area contributed by atoms with Crippen LogP contribution in [0.2, 0.25) is 5.02 Å². The number of nitro groups is 1. The highest BCUT2D eigenvalue weighted by atomic mass is 35.7. The van der Waals surface area contributed by atoms with Crippen LogP contribution in [-0.4, -0.2) is 13.3 Å². The van der Waals surface area contributed by atoms with Gasteiger partial charge in [0.1, 0.15) is 0 Å². The van der Waals surface area contributed by atoms with Gasteiger partial charge in [-0.1, -0.05) is 11.6 Å². The van der Waals surface area contributed by atoms with Crippen molar-refractivity contribution in [2.45, 2.75) is 11.8 Å². The van der Waals surface area contributed by atoms with Crippen LogP contribution in [0.1, 0.15) is 5.56 Å². The molecular weight excluding hydrogens is 265 g/mol. The molecule has 0 spiro atoms. The average molecular weight is 270 g/mol. The van der Waals surface area contributed by atoms with E-state index in [1.165, 1.54) is 13.0 Å². The molecular formula is C7H5Cl2NO4S. The molecule has 0 aliphatic heterocycles. The third kappa shape index (κ3) is 2.39. The molecule has 0 atom stereocenters. The minimum absolute atomic E-state index is 0.0726. The number of benzene rings is 1. The number of nitro benzene ring substituents is 1. The Morgan fingerprint density at radius 2 is 1.93 bits per heavy atom. The molecule has 0 aliphatic rings. The average Bonchev–Trinajstić information content (AvgIpc) is 2.06. The summed E-state index contributed by atoms with van der Waals surface area (Å²) in [7, 11) is 0.911. The molecule has 0 saturated heterocycles. The fourth-order valence-corrected chi connectivity index (χ4v) is 2.29. The maximum absolute atomic E-state index is 11.0. The van der Waals surface area contributed by atoms with Gasteiger partial charge in [-0.05, 0) is 19.1 Å². The molecule has 0 unspecified atom stereocenters. The van der Waals surface area contributed by atoms with Crippen molar-refractivity contribution < 1.29 is 13.3 Å². The molecule has 15 heavy (non-hydrogen) atoms. The first-order chi connectivity index (χ1) is 6.75. The van der Waals surface area contributed by atoms with Crippen LogP contribution in [0.3, 0.4) is 0 Å². The van der Waals surface area contributed by atoms with Crippen LogP contribution in [0.15, 0.2) is 17.0 Å². The maximum atomic E-state index is 11.0. The number of hydrogen-bond donors (Lipinski definition) is 0. The molecule has 0 saturated carbocycles. The Morgan fingerprint density at radius 1 is 1.40 bits per heavy atom. The Hall–Kier alpha value is -0.850. The molecule has 0 N–H and O–H groups in total. The highest BCUT2D eigenvalue weighted by Crippen LogP contribution is 2.33. The molecule has 1 rings (SSSR count). The van der Waals surface area contributed by atoms with Gasteiger partial charge in [-0.25, -0.2) is 8.42 Å². The van der Waals surface area contributed by atoms with Crippen LogP contribution < -0.4 is 0 Å². The Kier molecular flexibility index (Phi) is 3.22. The highest BCUT2D eigenvalue weighted by molar-refractivity contribution is 8.13. The second-order valence-electron chi connectivity index (χ2n) is 2.71. The zero-order chi connectivity index (χ0) is 11.8. The van der Waals surface area contributed by atoms with Gasteiger partial charge in [0.15, 0.2) is 4.90 Å². The first-order valence-electron chi connectivity index (χ1n) is 3.63. The minimum atomic E-state index is -4.15. The molecule has 1 aromatic carbocycles. The van der Waals surface area contributed by atoms with Gasteiger partial charge in [0.2, 0.25) is 0 Å². The lowest BCUT2D eigenvalue weighted by molar-refractivity contribution is -0.388. The first-order valence-corrected chi connectivity index (χ1v) is 6.32. The summed E-state index contributed by atoms with van der Waals surface area (Å²) in [6, 6.07) is 2.26. The maximum Gasteiger partial charge on any atom is 0.293 e. The van der Waals surface area contributed by atoms with E-state index >= 15 is 0 Å². The number of hydrogen-bond acceptors (Lipinski definition) is 4. The number of halogens is 2. The summed E-state index contributed by atoms with van der Waals surface area (Å²) < 4.78 is 22.1. The van der Waals surface area contributed by atoms with E-state index in [-0.39, 0.29) is 10.6 Å². The van der Waals surface area contributed by atoms with Crippen molar-refractivity contribution in [3.63, 3.8) is 0 Å². The van der Waals surface area contributed by atoms with Crippen molar-refractivity contribution in [1.29, 1.82) is 0 Å². The van der Waals surface area contributed by atoms with Crippen LogP contribution in [0.4, 0.5) is 5.69 Å². The summed E-state index contributed by atoms with van der Waals surface area (Å²) >= 11 is 5.64. The lowest BCUT2D eigenvalue weighted by atomic mass is 10.2. The fraction of sp³-hybridized carbons (Fsp3) is 0.143. The van der Waals surface area contributed by atoms with Crippen molar-refractivity contribution in [3.05, 3.63) is 32.8 Å². The van der Waals surface area contributed by atoms with Crippen LogP contribution in [0, 0.1) is 17.0 Å². The molecule has 0 heterocycles. The van der Waals surface area contributed by atoms with Crippen LogP contribution in [0.5, 0.6) is 0 Å². The zero-order valence-electron chi connectivity index (χ0n) is 7.40. The van der Waals surface area contributed by atoms with E-state index in [0.29, 0.717) is 0 Å². The first kappa shape index (κ1) is 12.2. The lowest BCUT2D eigenvalue weighted by Gasteiger charge is -2.03. The molecule has 5 nitrogen and oxygen atoms in total. The third-order valence-electron chi connectivity index (χ3n) is 1.77. The summed E-state index contributed by atoms with van der Waals surface area (Å²) in [6.07, 6.45) is 0. The van der Waals surface area contributed by atoms with E-state index < -0.39 is 24.6 Å². The van der Waals surface area contributed by atoms with Gasteiger partial charge < -0.3 is 0 Å². The molecule has 0 amide bonds. The van der Waals surface area contributed by atoms with E-state index in [1.807, 2.05) is 0 Å². The second-order valence-corrected chi connectivity index (χ2v) is 5.66. The van der Waals surface area contributed by atoms with Crippen molar-refractivity contribution >= 4 is 37.0 Å². The standard InChI is InChI=1S/C7H5Cl2NO4S/c1-4-5(8)2-3-6(15(9,13)14)7(4)10(11)12/h2-3H,1H3. The monoisotopic (exact) mass is 269 g/mol. The summed E-state index contributed by atoms with van der Waals surface area (Å²) in [5, 5.41) is 10.8. The Morgan fingerprint density at radius 3 is 2.33 bits per heavy atom. The largest absolute Gasteiger partial charge is 0.293 e. The van der Waals surface area contributed by atoms with Gasteiger partial charge in [0.05, 0.1) is 9.95 Å². The van der Waals surface area contributed by atoms with Gasteiger partial charge in [-0.15, -0.1) is 0 Å². The van der Waals surface area contributed by atoms with Crippen LogP contribution in [0.25, 0.3) is 0 Å². The topological polar surface area (TPSA) is 77.3 Å². The summed E-state index contributed by atoms with van der Waals surface area (Å²) in [6.45, 7) is 1.35. The number of rotatable bonds is 2. The second kappa shape index (κ2) is 3.96. The van der Waals surface area contributed by atoms with E-state index in [9.17, 15) is 18.5 Å². The van der Waals surface area contributed by atoms with Gasteiger partial charge in [0, 0.05) is 16.2 Å². The summed E-state index contributed by atoms with van der Waals surface area (Å²) in [5.74, 6) is 0. The Balaban J connectivity index is 3.70. The normalized spacial score (nSPS) is 11.4. The number of nitrogens with zero attached hydrogens (tertiary/aromatic N) is 1. The SMILES string of the molecule is Cc1c(Cl)ccc(S(=O)(=O)Cl)c1[N+](=O)[O-]. The molecule has 8 heteroatoms. The van der Waals surface area contributed by atoms with Gasteiger partial charge in [0.25, 0.3) is 14.7 Å². The van der Waals surface area contributed by atoms with Crippen molar-refractivity contribution in [2.75, 3.05) is 0 Å². The van der Waals surface area contributed by atoms with E-state index in [1.54, 1.807) is 0 Å². The summed E-state index contributed by atoms with van der Waals surface area (Å²) in [5.41, 5.74) is -0.513. The quantitative estimate of drug-likeness (QED) is 0.470. The van der Waals surface area contributed by atoms with E-state index in [0.717, 1.165) is 6.07 Å². The van der Waals surface area contributed by atoms with Gasteiger partial charge in [-0.3, -0.25) is 10.1 Å². The molecule has 0 fully saturated rings. The Labute approximate surface area is 95.2 Å². The zero-order valence-corrected chi connectivity index (χ0v) is 9.73. The van der Waals surface area contributed by atoms with Gasteiger partial charge >= 0.3 is 0 Å². The predicted molar refractivity (Wildman–Crippen MR) is 55.9 cm³/mol. The van der Waals surface area contributed by atoms with E-state index in [2.05, 4.69) is 0 Å². The Bertz CT molecular complexity index is 526. The van der Waals surface area contributed by atoms with Crippen LogP contribution in [-0.2, 0) is 9.05 Å². The third-order valence-corrected chi connectivity index (χ3v) is 3.54. The minimum Gasteiger partial charge on any atom is -0.258 e. The van der Waals surface area contributed by atoms with Crippen molar-refractivity contribution in [2.24, 2.45) is 0 Å². The molecule has 0 aromatic heterocycles. The van der Waals surface area contributed by atoms with Gasteiger partial charge in [-0.2, -0.15) is 0 Å². The smallest absolute Gasteiger partial charge is 0.258 e. The molecule has 0 bridgehead atoms. The fourth-order valence-electron chi connectivity index (χ4n) is 1.07. The van der Waals surface area contributed by atoms with E-state index in [4.69, 9.17) is 22.3 Å². The molecule has 0 radical (unpaired) electrons. The van der Waals surface area contributed by atoms with Crippen LogP contribution >= 0.6 is 22.3 Å². The highest BCUT2D eigenvalue weighted by Gasteiger charge is 2.27. The molecule has 0 aliphatic carbocycles. The van der Waals surface area contributed by atoms with Crippen molar-refractivity contribution in [1.82, 2.24) is 0 Å². The summed E-state index contributed by atoms with van der Waals surface area (Å²) in [4.78, 5) is 9.30. The molecule has 82 valence electrons.